The van der Waals surface area contributed by atoms with E-state index in [1.807, 2.05) is 0 Å². The van der Waals surface area contributed by atoms with Crippen molar-refractivity contribution >= 4 is 5.78 Å². The van der Waals surface area contributed by atoms with Gasteiger partial charge in [0.05, 0.1) is 0 Å². The Morgan fingerprint density at radius 2 is 2.12 bits per heavy atom. The van der Waals surface area contributed by atoms with Crippen LogP contribution in [0.3, 0.4) is 0 Å². The fraction of sp³-hybridized carbons (Fsp3) is 0.929. The van der Waals surface area contributed by atoms with E-state index >= 15 is 0 Å². The van der Waals surface area contributed by atoms with E-state index in [2.05, 4.69) is 13.8 Å². The molecule has 0 amide bonds. The van der Waals surface area contributed by atoms with Crippen molar-refractivity contribution in [2.45, 2.75) is 64.1 Å². The van der Waals surface area contributed by atoms with Crippen molar-refractivity contribution in [3.05, 3.63) is 0 Å². The van der Waals surface area contributed by atoms with Crippen molar-refractivity contribution in [3.63, 3.8) is 0 Å². The zero-order valence-electron chi connectivity index (χ0n) is 10.2. The van der Waals surface area contributed by atoms with Gasteiger partial charge in [-0.15, -0.1) is 0 Å². The van der Waals surface area contributed by atoms with Gasteiger partial charge >= 0.3 is 0 Å². The Morgan fingerprint density at radius 3 is 2.94 bits per heavy atom. The lowest BCUT2D eigenvalue weighted by molar-refractivity contribution is -0.128. The Balaban J connectivity index is 1.92. The Bertz CT molecular complexity index is 390. The van der Waals surface area contributed by atoms with E-state index in [-0.39, 0.29) is 11.7 Å². The summed E-state index contributed by atoms with van der Waals surface area (Å²) in [6.45, 7) is 4.58. The fourth-order valence-electron chi connectivity index (χ4n) is 5.80. The molecular weight excluding hydrogens is 200 g/mol. The van der Waals surface area contributed by atoms with Crippen LogP contribution >= 0.6 is 0 Å². The molecule has 1 heterocycles. The minimum Gasteiger partial charge on any atom is -0.357 e. The van der Waals surface area contributed by atoms with Crippen LogP contribution in [0.5, 0.6) is 0 Å². The summed E-state index contributed by atoms with van der Waals surface area (Å²) in [5, 5.41) is 0. The molecule has 0 radical (unpaired) electrons. The summed E-state index contributed by atoms with van der Waals surface area (Å²) < 4.78 is 5.89. The smallest absolute Gasteiger partial charge is 0.165 e. The number of ketones is 1. The maximum Gasteiger partial charge on any atom is 0.165 e. The fourth-order valence-corrected chi connectivity index (χ4v) is 5.80. The van der Waals surface area contributed by atoms with Gasteiger partial charge < -0.3 is 4.74 Å². The van der Waals surface area contributed by atoms with Crippen molar-refractivity contribution in [1.29, 1.82) is 0 Å². The van der Waals surface area contributed by atoms with Crippen molar-refractivity contribution in [2.75, 3.05) is 0 Å². The predicted octanol–water partition coefficient (Wildman–Crippen LogP) is 2.70. The number of hydrogen-bond donors (Lipinski definition) is 0. The van der Waals surface area contributed by atoms with Gasteiger partial charge in [-0.25, -0.2) is 0 Å². The number of fused-ring (bicyclic) bond motifs is 1. The van der Waals surface area contributed by atoms with Crippen LogP contribution in [0.2, 0.25) is 0 Å². The lowest BCUT2D eigenvalue weighted by Crippen LogP contribution is -2.52. The molecule has 4 rings (SSSR count). The summed E-state index contributed by atoms with van der Waals surface area (Å²) >= 11 is 0. The van der Waals surface area contributed by atoms with Crippen LogP contribution in [0.1, 0.15) is 52.4 Å². The van der Waals surface area contributed by atoms with Crippen LogP contribution in [0.4, 0.5) is 0 Å². The van der Waals surface area contributed by atoms with E-state index in [0.717, 1.165) is 12.3 Å². The first kappa shape index (κ1) is 9.64. The summed E-state index contributed by atoms with van der Waals surface area (Å²) in [6, 6.07) is 0. The molecule has 0 aromatic rings. The lowest BCUT2D eigenvalue weighted by Gasteiger charge is -2.48. The van der Waals surface area contributed by atoms with Gasteiger partial charge in [-0.1, -0.05) is 13.3 Å². The maximum absolute atomic E-state index is 12.1. The van der Waals surface area contributed by atoms with E-state index in [1.54, 1.807) is 0 Å². The van der Waals surface area contributed by atoms with E-state index < -0.39 is 0 Å². The summed E-state index contributed by atoms with van der Waals surface area (Å²) in [4.78, 5) is 12.1. The van der Waals surface area contributed by atoms with Crippen molar-refractivity contribution in [2.24, 2.45) is 16.7 Å². The molecule has 0 N–H and O–H groups in total. The Kier molecular flexibility index (Phi) is 1.45. The average Bonchev–Trinajstić information content (AvgIpc) is 2.69. The molecule has 3 saturated carbocycles. The summed E-state index contributed by atoms with van der Waals surface area (Å²) in [6.07, 6.45) is 7.26. The first-order chi connectivity index (χ1) is 7.56. The number of Topliss-reactive ketones (excluding diaryl/α,β-unsaturated/α-hetero) is 1. The third-order valence-corrected chi connectivity index (χ3v) is 6.67. The van der Waals surface area contributed by atoms with E-state index in [1.165, 1.54) is 32.1 Å². The van der Waals surface area contributed by atoms with Gasteiger partial charge in [-0.3, -0.25) is 4.79 Å². The Hall–Kier alpha value is -0.370. The van der Waals surface area contributed by atoms with Crippen molar-refractivity contribution in [1.82, 2.24) is 0 Å². The molecule has 1 saturated heterocycles. The molecule has 0 aromatic carbocycles. The quantitative estimate of drug-likeness (QED) is 0.587. The number of carbonyl (C=O) groups is 1. The molecule has 16 heavy (non-hydrogen) atoms. The third-order valence-electron chi connectivity index (χ3n) is 6.67. The molecule has 2 nitrogen and oxygen atoms in total. The van der Waals surface area contributed by atoms with Crippen molar-refractivity contribution < 1.29 is 9.53 Å². The van der Waals surface area contributed by atoms with Gasteiger partial charge in [0.1, 0.15) is 11.7 Å². The van der Waals surface area contributed by atoms with Crippen LogP contribution in [0.25, 0.3) is 0 Å². The van der Waals surface area contributed by atoms with Gasteiger partial charge in [0.15, 0.2) is 5.78 Å². The average molecular weight is 220 g/mol. The second-order valence-corrected chi connectivity index (χ2v) is 6.78. The number of ether oxygens (including phenoxy) is 1. The number of carbonyl (C=O) groups excluding carboxylic acids is 1. The second-order valence-electron chi connectivity index (χ2n) is 6.78. The summed E-state index contributed by atoms with van der Waals surface area (Å²) in [5.74, 6) is 1.12. The molecule has 5 atom stereocenters. The van der Waals surface area contributed by atoms with Crippen LogP contribution in [-0.2, 0) is 9.53 Å². The molecule has 4 fully saturated rings. The minimum atomic E-state index is -0.0798. The predicted molar refractivity (Wildman–Crippen MR) is 60.0 cm³/mol. The molecule has 2 heteroatoms. The highest BCUT2D eigenvalue weighted by Crippen LogP contribution is 2.78. The molecule has 3 aliphatic carbocycles. The van der Waals surface area contributed by atoms with Gasteiger partial charge in [0.25, 0.3) is 0 Å². The maximum atomic E-state index is 12.1. The highest BCUT2D eigenvalue weighted by Gasteiger charge is 2.80. The normalized spacial score (nSPS) is 62.8. The largest absolute Gasteiger partial charge is 0.357 e. The van der Waals surface area contributed by atoms with Crippen LogP contribution in [0.15, 0.2) is 0 Å². The SMILES string of the molecule is C[C@H]1CCC23CCCC12CC(=O)[C@@H]1O[C@@]13C. The van der Waals surface area contributed by atoms with Crippen molar-refractivity contribution in [3.8, 4) is 0 Å². The number of hydrogen-bond acceptors (Lipinski definition) is 2. The topological polar surface area (TPSA) is 29.6 Å². The molecule has 88 valence electrons. The van der Waals surface area contributed by atoms with Crippen LogP contribution in [-0.4, -0.2) is 17.5 Å². The van der Waals surface area contributed by atoms with Gasteiger partial charge in [-0.2, -0.15) is 0 Å². The Morgan fingerprint density at radius 1 is 1.31 bits per heavy atom. The zero-order chi connectivity index (χ0) is 11.2. The molecule has 1 aliphatic heterocycles. The number of epoxide rings is 1. The molecule has 0 aromatic heterocycles. The second kappa shape index (κ2) is 2.40. The molecule has 0 bridgehead atoms. The summed E-state index contributed by atoms with van der Waals surface area (Å²) in [7, 11) is 0. The van der Waals surface area contributed by atoms with E-state index in [9.17, 15) is 4.79 Å². The molecule has 0 spiro atoms. The minimum absolute atomic E-state index is 0.0379. The highest BCUT2D eigenvalue weighted by molar-refractivity contribution is 5.89. The molecular formula is C14H20O2. The van der Waals surface area contributed by atoms with Crippen LogP contribution < -0.4 is 0 Å². The lowest BCUT2D eigenvalue weighted by atomic mass is 9.53. The number of rotatable bonds is 0. The molecule has 2 unspecified atom stereocenters. The first-order valence-corrected chi connectivity index (χ1v) is 6.76. The molecule has 4 aliphatic rings. The standard InChI is InChI=1S/C14H20O2/c1-9-4-7-14-6-3-5-13(9,14)8-10(15)11-12(14,2)16-11/h9,11H,3-8H2,1-2H3/t9-,11-,12-,13?,14?/m0/s1. The van der Waals surface area contributed by atoms with Gasteiger partial charge in [-0.05, 0) is 43.9 Å². The third kappa shape index (κ3) is 0.703. The summed E-state index contributed by atoms with van der Waals surface area (Å²) in [5.41, 5.74) is 0.591. The first-order valence-electron chi connectivity index (χ1n) is 6.76. The Labute approximate surface area is 96.7 Å². The van der Waals surface area contributed by atoms with Gasteiger partial charge in [0.2, 0.25) is 0 Å². The highest BCUT2D eigenvalue weighted by atomic mass is 16.6. The van der Waals surface area contributed by atoms with E-state index in [4.69, 9.17) is 4.74 Å². The van der Waals surface area contributed by atoms with Crippen LogP contribution in [0, 0.1) is 16.7 Å². The van der Waals surface area contributed by atoms with E-state index in [0.29, 0.717) is 16.6 Å². The zero-order valence-corrected chi connectivity index (χ0v) is 10.2. The van der Waals surface area contributed by atoms with Gasteiger partial charge in [0, 0.05) is 11.8 Å². The monoisotopic (exact) mass is 220 g/mol.